The van der Waals surface area contributed by atoms with Gasteiger partial charge >= 0.3 is 0 Å². The molecule has 9 heteroatoms. The van der Waals surface area contributed by atoms with E-state index in [9.17, 15) is 4.79 Å². The molecule has 0 bridgehead atoms. The molecular weight excluding hydrogens is 368 g/mol. The number of imidazole rings is 1. The molecule has 1 amide bonds. The summed E-state index contributed by atoms with van der Waals surface area (Å²) in [6.07, 6.45) is 4.89. The Bertz CT molecular complexity index is 1140. The quantitative estimate of drug-likeness (QED) is 0.551. The third-order valence-electron chi connectivity index (χ3n) is 4.16. The number of amides is 1. The monoisotopic (exact) mass is 384 g/mol. The largest absolute Gasteiger partial charge is 0.383 e. The molecule has 0 saturated heterocycles. The molecule has 8 nitrogen and oxygen atoms in total. The number of nitrogens with one attached hydrogen (secondary N) is 2. The van der Waals surface area contributed by atoms with Crippen LogP contribution in [0.25, 0.3) is 28.0 Å². The van der Waals surface area contributed by atoms with Gasteiger partial charge in [-0.1, -0.05) is 11.6 Å². The third-order valence-corrected chi connectivity index (χ3v) is 4.40. The second-order valence-corrected chi connectivity index (χ2v) is 6.64. The molecule has 0 fully saturated rings. The highest BCUT2D eigenvalue weighted by molar-refractivity contribution is 6.31. The van der Waals surface area contributed by atoms with Crippen molar-refractivity contribution in [2.45, 2.75) is 13.0 Å². The van der Waals surface area contributed by atoms with Gasteiger partial charge in [-0.05, 0) is 25.1 Å². The Kier molecular flexibility index (Phi) is 4.51. The lowest BCUT2D eigenvalue weighted by Gasteiger charge is -2.12. The molecule has 4 aromatic rings. The number of fused-ring (bicyclic) bond motifs is 2. The zero-order valence-electron chi connectivity index (χ0n) is 14.7. The number of aromatic amines is 1. The molecule has 0 spiro atoms. The maximum absolute atomic E-state index is 12.6. The number of hydrogen-bond acceptors (Lipinski definition) is 5. The molecular formula is C18H17ClN6O2. The minimum atomic E-state index is -0.237. The lowest BCUT2D eigenvalue weighted by Crippen LogP contribution is -2.35. The maximum atomic E-state index is 12.6. The van der Waals surface area contributed by atoms with Gasteiger partial charge in [0.25, 0.3) is 5.91 Å². The maximum Gasteiger partial charge on any atom is 0.255 e. The van der Waals surface area contributed by atoms with Crippen LogP contribution < -0.4 is 5.32 Å². The summed E-state index contributed by atoms with van der Waals surface area (Å²) < 4.78 is 6.86. The fourth-order valence-corrected chi connectivity index (χ4v) is 3.10. The Morgan fingerprint density at radius 1 is 1.41 bits per heavy atom. The molecule has 0 radical (unpaired) electrons. The number of carbonyl (C=O) groups is 1. The van der Waals surface area contributed by atoms with E-state index in [1.807, 2.05) is 13.0 Å². The smallest absolute Gasteiger partial charge is 0.255 e. The molecule has 3 heterocycles. The zero-order chi connectivity index (χ0) is 19.0. The molecule has 138 valence electrons. The van der Waals surface area contributed by atoms with Crippen LogP contribution in [0.3, 0.4) is 0 Å². The van der Waals surface area contributed by atoms with Gasteiger partial charge in [0.15, 0.2) is 11.5 Å². The number of hydrogen-bond donors (Lipinski definition) is 2. The van der Waals surface area contributed by atoms with Crippen LogP contribution >= 0.6 is 11.6 Å². The van der Waals surface area contributed by atoms with Crippen molar-refractivity contribution in [2.24, 2.45) is 0 Å². The van der Waals surface area contributed by atoms with Crippen LogP contribution in [-0.2, 0) is 4.74 Å². The molecule has 4 rings (SSSR count). The SMILES string of the molecule is COC[C@H](C)NC(=O)c1c[nH]c2ncc(-n3cnc4cc(Cl)ccc43)nc12. The van der Waals surface area contributed by atoms with E-state index in [-0.39, 0.29) is 11.9 Å². The fourth-order valence-electron chi connectivity index (χ4n) is 2.93. The molecule has 0 aliphatic rings. The lowest BCUT2D eigenvalue weighted by molar-refractivity contribution is 0.0907. The summed E-state index contributed by atoms with van der Waals surface area (Å²) >= 11 is 6.02. The van der Waals surface area contributed by atoms with Gasteiger partial charge < -0.3 is 15.0 Å². The highest BCUT2D eigenvalue weighted by Crippen LogP contribution is 2.22. The number of nitrogens with zero attached hydrogens (tertiary/aromatic N) is 4. The molecule has 0 aliphatic heterocycles. The fraction of sp³-hybridized carbons (Fsp3) is 0.222. The Morgan fingerprint density at radius 2 is 2.26 bits per heavy atom. The standard InChI is InChI=1S/C18H17ClN6O2/c1-10(8-27-2)23-18(26)12-6-20-17-16(12)24-15(7-21-17)25-9-22-13-5-11(19)3-4-14(13)25/h3-7,9-10H,8H2,1-2H3,(H,20,21)(H,23,26)/t10-/m0/s1. The Labute approximate surface area is 159 Å². The minimum absolute atomic E-state index is 0.120. The minimum Gasteiger partial charge on any atom is -0.383 e. The average molecular weight is 385 g/mol. The third kappa shape index (κ3) is 3.24. The first kappa shape index (κ1) is 17.4. The summed E-state index contributed by atoms with van der Waals surface area (Å²) in [5.41, 5.74) is 3.06. The van der Waals surface area contributed by atoms with Crippen molar-refractivity contribution in [1.29, 1.82) is 0 Å². The predicted molar refractivity (Wildman–Crippen MR) is 102 cm³/mol. The summed E-state index contributed by atoms with van der Waals surface area (Å²) in [5.74, 6) is 0.324. The van der Waals surface area contributed by atoms with Gasteiger partial charge in [0.05, 0.1) is 29.4 Å². The van der Waals surface area contributed by atoms with Crippen LogP contribution in [0.4, 0.5) is 0 Å². The summed E-state index contributed by atoms with van der Waals surface area (Å²) in [7, 11) is 1.59. The second kappa shape index (κ2) is 6.98. The Hall–Kier alpha value is -2.97. The number of methoxy groups -OCH3 is 1. The lowest BCUT2D eigenvalue weighted by atomic mass is 10.2. The van der Waals surface area contributed by atoms with E-state index in [2.05, 4.69) is 25.3 Å². The van der Waals surface area contributed by atoms with Gasteiger partial charge in [-0.3, -0.25) is 9.36 Å². The number of aromatic nitrogens is 5. The zero-order valence-corrected chi connectivity index (χ0v) is 15.5. The molecule has 0 saturated carbocycles. The van der Waals surface area contributed by atoms with Gasteiger partial charge in [-0.25, -0.2) is 15.0 Å². The molecule has 1 aromatic carbocycles. The van der Waals surface area contributed by atoms with Crippen molar-refractivity contribution in [3.8, 4) is 5.82 Å². The highest BCUT2D eigenvalue weighted by atomic mass is 35.5. The molecule has 2 N–H and O–H groups in total. The molecule has 3 aromatic heterocycles. The number of halogens is 1. The predicted octanol–water partition coefficient (Wildman–Crippen LogP) is 2.71. The van der Waals surface area contributed by atoms with Crippen LogP contribution in [0, 0.1) is 0 Å². The van der Waals surface area contributed by atoms with Crippen LogP contribution in [0.1, 0.15) is 17.3 Å². The van der Waals surface area contributed by atoms with Crippen molar-refractivity contribution in [3.05, 3.63) is 47.5 Å². The first-order chi connectivity index (χ1) is 13.1. The van der Waals surface area contributed by atoms with E-state index in [0.717, 1.165) is 11.0 Å². The van der Waals surface area contributed by atoms with Crippen LogP contribution in [0.15, 0.2) is 36.9 Å². The number of rotatable bonds is 5. The number of carbonyl (C=O) groups excluding carboxylic acids is 1. The average Bonchev–Trinajstić information content (AvgIpc) is 3.24. The number of benzene rings is 1. The van der Waals surface area contributed by atoms with Gasteiger partial charge in [-0.2, -0.15) is 0 Å². The van der Waals surface area contributed by atoms with E-state index < -0.39 is 0 Å². The topological polar surface area (TPSA) is 97.7 Å². The Morgan fingerprint density at radius 3 is 3.07 bits per heavy atom. The molecule has 0 aliphatic carbocycles. The van der Waals surface area contributed by atoms with Crippen LogP contribution in [0.5, 0.6) is 0 Å². The normalized spacial score (nSPS) is 12.6. The van der Waals surface area contributed by atoms with Crippen LogP contribution in [0.2, 0.25) is 5.02 Å². The molecule has 27 heavy (non-hydrogen) atoms. The van der Waals surface area contributed by atoms with E-state index in [4.69, 9.17) is 16.3 Å². The summed E-state index contributed by atoms with van der Waals surface area (Å²) in [6.45, 7) is 2.30. The van der Waals surface area contributed by atoms with Crippen molar-refractivity contribution in [1.82, 2.24) is 29.8 Å². The van der Waals surface area contributed by atoms with E-state index in [1.54, 1.807) is 42.5 Å². The van der Waals surface area contributed by atoms with Crippen molar-refractivity contribution < 1.29 is 9.53 Å². The first-order valence-electron chi connectivity index (χ1n) is 8.33. The van der Waals surface area contributed by atoms with Gasteiger partial charge in [0.1, 0.15) is 11.8 Å². The van der Waals surface area contributed by atoms with E-state index in [0.29, 0.717) is 34.2 Å². The number of ether oxygens (including phenoxy) is 1. The van der Waals surface area contributed by atoms with Gasteiger partial charge in [-0.15, -0.1) is 0 Å². The van der Waals surface area contributed by atoms with Crippen molar-refractivity contribution in [3.63, 3.8) is 0 Å². The molecule has 1 atom stereocenters. The van der Waals surface area contributed by atoms with Crippen molar-refractivity contribution >= 4 is 39.7 Å². The summed E-state index contributed by atoms with van der Waals surface area (Å²) in [6, 6.07) is 5.32. The van der Waals surface area contributed by atoms with Gasteiger partial charge in [0.2, 0.25) is 0 Å². The summed E-state index contributed by atoms with van der Waals surface area (Å²) in [5, 5.41) is 3.49. The second-order valence-electron chi connectivity index (χ2n) is 6.21. The van der Waals surface area contributed by atoms with E-state index >= 15 is 0 Å². The number of H-pyrrole nitrogens is 1. The van der Waals surface area contributed by atoms with Gasteiger partial charge in [0, 0.05) is 24.4 Å². The van der Waals surface area contributed by atoms with Crippen LogP contribution in [-0.4, -0.2) is 50.2 Å². The highest BCUT2D eigenvalue weighted by Gasteiger charge is 2.17. The van der Waals surface area contributed by atoms with E-state index in [1.165, 1.54) is 0 Å². The Balaban J connectivity index is 1.74. The first-order valence-corrected chi connectivity index (χ1v) is 8.71. The van der Waals surface area contributed by atoms with Crippen molar-refractivity contribution in [2.75, 3.05) is 13.7 Å². The summed E-state index contributed by atoms with van der Waals surface area (Å²) in [4.78, 5) is 28.9. The molecule has 0 unspecified atom stereocenters.